The van der Waals surface area contributed by atoms with Crippen LogP contribution in [0.1, 0.15) is 31.1 Å². The number of hydrogen-bond acceptors (Lipinski definition) is 9. The number of rotatable bonds is 9. The minimum absolute atomic E-state index is 0.0429. The Morgan fingerprint density at radius 3 is 1.03 bits per heavy atom. The zero-order valence-electron chi connectivity index (χ0n) is 18.3. The lowest BCUT2D eigenvalue weighted by Gasteiger charge is -2.12. The Morgan fingerprint density at radius 2 is 0.778 bits per heavy atom. The first kappa shape index (κ1) is 23.6. The predicted octanol–water partition coefficient (Wildman–Crippen LogP) is 4.20. The number of aromatic nitrogens is 3. The zero-order chi connectivity index (χ0) is 25.7. The second kappa shape index (κ2) is 10.2. The van der Waals surface area contributed by atoms with Gasteiger partial charge >= 0.3 is 17.9 Å². The Labute approximate surface area is 203 Å². The second-order valence-electron chi connectivity index (χ2n) is 7.34. The van der Waals surface area contributed by atoms with Crippen LogP contribution in [0.25, 0.3) is 0 Å². The average Bonchev–Trinajstić information content (AvgIpc) is 2.84. The van der Waals surface area contributed by atoms with Crippen molar-refractivity contribution in [3.8, 4) is 0 Å². The smallest absolute Gasteiger partial charge is 0.335 e. The van der Waals surface area contributed by atoms with Gasteiger partial charge in [-0.05, 0) is 54.6 Å². The highest BCUT2D eigenvalue weighted by molar-refractivity contribution is 5.90. The molecule has 1 heterocycles. The van der Waals surface area contributed by atoms with E-state index >= 15 is 0 Å². The maximum absolute atomic E-state index is 11.3. The molecule has 6 N–H and O–H groups in total. The zero-order valence-corrected chi connectivity index (χ0v) is 18.3. The van der Waals surface area contributed by atoms with Gasteiger partial charge in [0.2, 0.25) is 17.8 Å². The third-order valence-corrected chi connectivity index (χ3v) is 4.73. The van der Waals surface area contributed by atoms with Gasteiger partial charge in [0.05, 0.1) is 16.7 Å². The van der Waals surface area contributed by atoms with E-state index in [9.17, 15) is 29.7 Å². The molecule has 3 aromatic carbocycles. The van der Waals surface area contributed by atoms with Crippen molar-refractivity contribution in [2.45, 2.75) is 0 Å². The van der Waals surface area contributed by atoms with E-state index < -0.39 is 17.9 Å². The largest absolute Gasteiger partial charge is 0.478 e. The van der Waals surface area contributed by atoms with Gasteiger partial charge in [0.15, 0.2) is 0 Å². The Balaban J connectivity index is 1.69. The molecule has 1 aromatic heterocycles. The third-order valence-electron chi connectivity index (χ3n) is 4.73. The van der Waals surface area contributed by atoms with Gasteiger partial charge in [0.25, 0.3) is 0 Å². The summed E-state index contributed by atoms with van der Waals surface area (Å²) in [4.78, 5) is 46.8. The lowest BCUT2D eigenvalue weighted by atomic mass is 10.2. The number of nitrogens with one attached hydrogen (secondary N) is 3. The molecule has 0 atom stereocenters. The maximum Gasteiger partial charge on any atom is 0.335 e. The van der Waals surface area contributed by atoms with Gasteiger partial charge in [-0.25, -0.2) is 14.4 Å². The molecule has 0 spiro atoms. The van der Waals surface area contributed by atoms with E-state index in [4.69, 9.17) is 0 Å². The molecule has 0 bridgehead atoms. The number of aromatic carboxylic acids is 3. The molecule has 0 fully saturated rings. The molecule has 4 aromatic rings. The van der Waals surface area contributed by atoms with E-state index in [2.05, 4.69) is 30.9 Å². The Morgan fingerprint density at radius 1 is 0.500 bits per heavy atom. The predicted molar refractivity (Wildman–Crippen MR) is 130 cm³/mol. The summed E-state index contributed by atoms with van der Waals surface area (Å²) in [5.41, 5.74) is 1.38. The molecule has 4 rings (SSSR count). The summed E-state index contributed by atoms with van der Waals surface area (Å²) in [5.74, 6) is -3.18. The molecule has 36 heavy (non-hydrogen) atoms. The van der Waals surface area contributed by atoms with Crippen molar-refractivity contribution in [1.29, 1.82) is 0 Å². The molecular weight excluding hydrogens is 468 g/mol. The van der Waals surface area contributed by atoms with Crippen molar-refractivity contribution in [2.24, 2.45) is 0 Å². The van der Waals surface area contributed by atoms with Crippen molar-refractivity contribution in [3.05, 3.63) is 89.5 Å². The summed E-state index contributed by atoms with van der Waals surface area (Å²) in [6.45, 7) is 0. The first-order valence-corrected chi connectivity index (χ1v) is 10.3. The van der Waals surface area contributed by atoms with Gasteiger partial charge in [-0.2, -0.15) is 15.0 Å². The van der Waals surface area contributed by atoms with Crippen LogP contribution in [0.4, 0.5) is 34.9 Å². The highest BCUT2D eigenvalue weighted by Gasteiger charge is 2.12. The number of carboxylic acid groups (broad SMARTS) is 3. The summed E-state index contributed by atoms with van der Waals surface area (Å²) >= 11 is 0. The monoisotopic (exact) mass is 486 g/mol. The number of carboxylic acids is 3. The fourth-order valence-electron chi connectivity index (χ4n) is 3.12. The Bertz CT molecular complexity index is 1290. The summed E-state index contributed by atoms with van der Waals surface area (Å²) in [6.07, 6.45) is 0. The lowest BCUT2D eigenvalue weighted by molar-refractivity contribution is 0.0686. The Kier molecular flexibility index (Phi) is 6.68. The maximum atomic E-state index is 11.3. The fourth-order valence-corrected chi connectivity index (χ4v) is 3.12. The van der Waals surface area contributed by atoms with Crippen LogP contribution in [0.2, 0.25) is 0 Å². The van der Waals surface area contributed by atoms with E-state index in [0.29, 0.717) is 17.1 Å². The van der Waals surface area contributed by atoms with E-state index in [1.54, 1.807) is 36.4 Å². The van der Waals surface area contributed by atoms with Gasteiger partial charge in [-0.3, -0.25) is 0 Å². The molecule has 0 saturated heterocycles. The summed E-state index contributed by atoms with van der Waals surface area (Å²) in [6, 6.07) is 18.1. The van der Waals surface area contributed by atoms with E-state index in [1.807, 2.05) is 0 Å². The Hall–Kier alpha value is -5.52. The van der Waals surface area contributed by atoms with E-state index in [1.165, 1.54) is 36.4 Å². The van der Waals surface area contributed by atoms with Crippen LogP contribution in [-0.4, -0.2) is 48.2 Å². The number of benzene rings is 3. The molecule has 180 valence electrons. The normalized spacial score (nSPS) is 10.3. The molecule has 0 amide bonds. The molecule has 0 aliphatic heterocycles. The number of nitrogens with zero attached hydrogens (tertiary/aromatic N) is 3. The van der Waals surface area contributed by atoms with Crippen LogP contribution in [0.3, 0.4) is 0 Å². The van der Waals surface area contributed by atoms with Gasteiger partial charge in [-0.15, -0.1) is 0 Å². The molecule has 0 unspecified atom stereocenters. The van der Waals surface area contributed by atoms with Gasteiger partial charge in [0, 0.05) is 17.1 Å². The first-order chi connectivity index (χ1) is 17.3. The van der Waals surface area contributed by atoms with E-state index in [0.717, 1.165) is 0 Å². The summed E-state index contributed by atoms with van der Waals surface area (Å²) < 4.78 is 0. The topological polar surface area (TPSA) is 187 Å². The van der Waals surface area contributed by atoms with Crippen LogP contribution in [-0.2, 0) is 0 Å². The molecule has 0 aliphatic carbocycles. The molecule has 12 nitrogen and oxygen atoms in total. The second-order valence-corrected chi connectivity index (χ2v) is 7.34. The minimum atomic E-state index is -1.10. The van der Waals surface area contributed by atoms with E-state index in [-0.39, 0.29) is 34.5 Å². The van der Waals surface area contributed by atoms with Crippen LogP contribution >= 0.6 is 0 Å². The average molecular weight is 486 g/mol. The van der Waals surface area contributed by atoms with Crippen LogP contribution in [0.5, 0.6) is 0 Å². The van der Waals surface area contributed by atoms with Crippen molar-refractivity contribution >= 4 is 52.8 Å². The van der Waals surface area contributed by atoms with Crippen LogP contribution in [0, 0.1) is 0 Å². The SMILES string of the molecule is O=C(O)c1cccc(Nc2nc(Nc3cccc(C(=O)O)c3)nc(Nc3cccc(C(=O)O)c3)n2)c1. The highest BCUT2D eigenvalue weighted by Crippen LogP contribution is 2.22. The quantitative estimate of drug-likeness (QED) is 0.198. The summed E-state index contributed by atoms with van der Waals surface area (Å²) in [5, 5.41) is 36.5. The van der Waals surface area contributed by atoms with Gasteiger partial charge in [0.1, 0.15) is 0 Å². The molecule has 0 aliphatic rings. The van der Waals surface area contributed by atoms with Crippen molar-refractivity contribution in [1.82, 2.24) is 15.0 Å². The van der Waals surface area contributed by atoms with Gasteiger partial charge < -0.3 is 31.3 Å². The highest BCUT2D eigenvalue weighted by atomic mass is 16.4. The third kappa shape index (κ3) is 5.88. The van der Waals surface area contributed by atoms with Gasteiger partial charge in [-0.1, -0.05) is 18.2 Å². The standard InChI is InChI=1S/C24H18N6O6/c31-19(32)13-4-1-7-16(10-13)25-22-28-23(26-17-8-2-5-14(11-17)20(33)34)30-24(29-22)27-18-9-3-6-15(12-18)21(35)36/h1-12H,(H,31,32)(H,33,34)(H,35,36)(H3,25,26,27,28,29,30). The fraction of sp³-hybridized carbons (Fsp3) is 0. The molecule has 0 saturated carbocycles. The molecular formula is C24H18N6O6. The van der Waals surface area contributed by atoms with Crippen molar-refractivity contribution < 1.29 is 29.7 Å². The number of carbonyl (C=O) groups is 3. The molecule has 0 radical (unpaired) electrons. The van der Waals surface area contributed by atoms with Crippen LogP contribution in [0.15, 0.2) is 72.8 Å². The minimum Gasteiger partial charge on any atom is -0.478 e. The number of hydrogen-bond donors (Lipinski definition) is 6. The van der Waals surface area contributed by atoms with Crippen molar-refractivity contribution in [2.75, 3.05) is 16.0 Å². The molecule has 12 heteroatoms. The first-order valence-electron chi connectivity index (χ1n) is 10.3. The van der Waals surface area contributed by atoms with Crippen molar-refractivity contribution in [3.63, 3.8) is 0 Å². The number of anilines is 6. The van der Waals surface area contributed by atoms with Crippen LogP contribution < -0.4 is 16.0 Å². The lowest BCUT2D eigenvalue weighted by Crippen LogP contribution is -2.08. The summed E-state index contributed by atoms with van der Waals surface area (Å²) in [7, 11) is 0.